The maximum Gasteiger partial charge on any atom is 0.308 e. The molecular formula is C34H66O4. The van der Waals surface area contributed by atoms with Gasteiger partial charge in [0, 0.05) is 19.3 Å². The minimum atomic E-state index is -0.710. The van der Waals surface area contributed by atoms with Gasteiger partial charge < -0.3 is 9.47 Å². The molecule has 0 aromatic heterocycles. The Morgan fingerprint density at radius 1 is 0.447 bits per heavy atom. The van der Waals surface area contributed by atoms with Crippen molar-refractivity contribution in [1.29, 1.82) is 0 Å². The van der Waals surface area contributed by atoms with Crippen molar-refractivity contribution in [2.24, 2.45) is 11.8 Å². The van der Waals surface area contributed by atoms with Crippen LogP contribution in [0.1, 0.15) is 189 Å². The van der Waals surface area contributed by atoms with Gasteiger partial charge in [0.15, 0.2) is 0 Å². The summed E-state index contributed by atoms with van der Waals surface area (Å²) in [6, 6.07) is 0. The smallest absolute Gasteiger partial charge is 0.308 e. The molecule has 0 N–H and O–H groups in total. The van der Waals surface area contributed by atoms with Crippen molar-refractivity contribution in [1.82, 2.24) is 0 Å². The molecule has 0 aliphatic heterocycles. The second kappa shape index (κ2) is 27.5. The first-order valence-electron chi connectivity index (χ1n) is 16.7. The van der Waals surface area contributed by atoms with Gasteiger partial charge in [-0.15, -0.1) is 0 Å². The van der Waals surface area contributed by atoms with Gasteiger partial charge in [0.1, 0.15) is 0 Å². The highest BCUT2D eigenvalue weighted by Crippen LogP contribution is 2.16. The molecule has 38 heavy (non-hydrogen) atoms. The fourth-order valence-electron chi connectivity index (χ4n) is 4.88. The van der Waals surface area contributed by atoms with E-state index >= 15 is 0 Å². The topological polar surface area (TPSA) is 52.6 Å². The number of hydrogen-bond donors (Lipinski definition) is 0. The van der Waals surface area contributed by atoms with E-state index in [1.807, 2.05) is 0 Å². The Morgan fingerprint density at radius 3 is 1.11 bits per heavy atom. The average molecular weight is 539 g/mol. The molecule has 0 aliphatic carbocycles. The van der Waals surface area contributed by atoms with E-state index in [-0.39, 0.29) is 11.9 Å². The summed E-state index contributed by atoms with van der Waals surface area (Å²) in [6.07, 6.45) is 25.9. The van der Waals surface area contributed by atoms with E-state index in [4.69, 9.17) is 9.47 Å². The lowest BCUT2D eigenvalue weighted by molar-refractivity contribution is -0.189. The number of ether oxygens (including phenoxy) is 2. The molecule has 0 aromatic carbocycles. The lowest BCUT2D eigenvalue weighted by atomic mass is 10.0. The van der Waals surface area contributed by atoms with Gasteiger partial charge in [-0.1, -0.05) is 150 Å². The van der Waals surface area contributed by atoms with Gasteiger partial charge >= 0.3 is 11.9 Å². The van der Waals surface area contributed by atoms with Gasteiger partial charge in [0.2, 0.25) is 6.29 Å². The van der Waals surface area contributed by atoms with Crippen LogP contribution in [0.3, 0.4) is 0 Å². The van der Waals surface area contributed by atoms with Gasteiger partial charge in [0.25, 0.3) is 0 Å². The zero-order valence-electron chi connectivity index (χ0n) is 26.3. The summed E-state index contributed by atoms with van der Waals surface area (Å²) < 4.78 is 11.2. The number of rotatable bonds is 28. The van der Waals surface area contributed by atoms with Gasteiger partial charge in [-0.25, -0.2) is 0 Å². The van der Waals surface area contributed by atoms with E-state index in [9.17, 15) is 9.59 Å². The predicted molar refractivity (Wildman–Crippen MR) is 162 cm³/mol. The normalized spacial score (nSPS) is 11.6. The van der Waals surface area contributed by atoms with E-state index < -0.39 is 6.29 Å². The van der Waals surface area contributed by atoms with E-state index in [2.05, 4.69) is 34.6 Å². The highest BCUT2D eigenvalue weighted by atomic mass is 16.7. The maximum atomic E-state index is 12.4. The molecule has 0 aliphatic rings. The minimum Gasteiger partial charge on any atom is -0.425 e. The highest BCUT2D eigenvalue weighted by molar-refractivity contribution is 5.71. The average Bonchev–Trinajstić information content (AvgIpc) is 2.86. The van der Waals surface area contributed by atoms with E-state index in [1.165, 1.54) is 89.9 Å². The van der Waals surface area contributed by atoms with Crippen LogP contribution >= 0.6 is 0 Å². The molecule has 0 atom stereocenters. The van der Waals surface area contributed by atoms with Crippen LogP contribution in [-0.4, -0.2) is 18.2 Å². The fraction of sp³-hybridized carbons (Fsp3) is 0.941. The van der Waals surface area contributed by atoms with Crippen LogP contribution < -0.4 is 0 Å². The molecule has 4 nitrogen and oxygen atoms in total. The molecule has 0 spiro atoms. The molecule has 0 unspecified atom stereocenters. The Labute approximate surface area is 237 Å². The Kier molecular flexibility index (Phi) is 26.7. The Balaban J connectivity index is 3.93. The number of esters is 2. The SMILES string of the molecule is CCCCCC(OC(=O)CCCCCCCCCCC(C)C)OC(=O)CCCCCCCCCCC(C)C. The lowest BCUT2D eigenvalue weighted by Gasteiger charge is -2.18. The summed E-state index contributed by atoms with van der Waals surface area (Å²) in [4.78, 5) is 24.8. The minimum absolute atomic E-state index is 0.221. The Bertz CT molecular complexity index is 487. The maximum absolute atomic E-state index is 12.4. The molecule has 0 saturated heterocycles. The number of unbranched alkanes of at least 4 members (excludes halogenated alkanes) is 16. The van der Waals surface area contributed by atoms with E-state index in [0.29, 0.717) is 19.3 Å². The summed E-state index contributed by atoms with van der Waals surface area (Å²) in [6.45, 7) is 11.3. The summed E-state index contributed by atoms with van der Waals surface area (Å²) in [7, 11) is 0. The summed E-state index contributed by atoms with van der Waals surface area (Å²) in [5, 5.41) is 0. The molecule has 0 radical (unpaired) electrons. The molecule has 226 valence electrons. The molecule has 0 heterocycles. The third-order valence-corrected chi connectivity index (χ3v) is 7.39. The van der Waals surface area contributed by atoms with Crippen LogP contribution in [0, 0.1) is 11.8 Å². The standard InChI is InChI=1S/C34H66O4/c1-6-7-20-29-34(37-32(35)27-23-18-14-10-8-12-16-21-25-30(2)3)38-33(36)28-24-19-15-11-9-13-17-22-26-31(4)5/h30-31,34H,6-29H2,1-5H3. The summed E-state index contributed by atoms with van der Waals surface area (Å²) in [5.74, 6) is 1.19. The molecular weight excluding hydrogens is 472 g/mol. The first-order valence-corrected chi connectivity index (χ1v) is 16.7. The Hall–Kier alpha value is -1.06. The second-order valence-corrected chi connectivity index (χ2v) is 12.4. The van der Waals surface area contributed by atoms with Crippen molar-refractivity contribution in [2.75, 3.05) is 0 Å². The first kappa shape index (κ1) is 36.9. The third kappa shape index (κ3) is 28.0. The van der Waals surface area contributed by atoms with Gasteiger partial charge in [-0.05, 0) is 31.1 Å². The van der Waals surface area contributed by atoms with Crippen molar-refractivity contribution in [3.8, 4) is 0 Å². The highest BCUT2D eigenvalue weighted by Gasteiger charge is 2.18. The number of hydrogen-bond acceptors (Lipinski definition) is 4. The second-order valence-electron chi connectivity index (χ2n) is 12.4. The van der Waals surface area contributed by atoms with Gasteiger partial charge in [0.05, 0.1) is 0 Å². The predicted octanol–water partition coefficient (Wildman–Crippen LogP) is 11.1. The molecule has 0 rings (SSSR count). The zero-order chi connectivity index (χ0) is 28.3. The van der Waals surface area contributed by atoms with E-state index in [1.54, 1.807) is 0 Å². The van der Waals surface area contributed by atoms with E-state index in [0.717, 1.165) is 56.8 Å². The number of carbonyl (C=O) groups excluding carboxylic acids is 2. The summed E-state index contributed by atoms with van der Waals surface area (Å²) >= 11 is 0. The van der Waals surface area contributed by atoms with Crippen molar-refractivity contribution in [3.63, 3.8) is 0 Å². The molecule has 0 fully saturated rings. The van der Waals surface area contributed by atoms with Gasteiger partial charge in [-0.3, -0.25) is 9.59 Å². The fourth-order valence-corrected chi connectivity index (χ4v) is 4.88. The molecule has 0 saturated carbocycles. The molecule has 0 amide bonds. The van der Waals surface area contributed by atoms with Crippen LogP contribution in [0.15, 0.2) is 0 Å². The van der Waals surface area contributed by atoms with Crippen molar-refractivity contribution >= 4 is 11.9 Å². The van der Waals surface area contributed by atoms with Crippen molar-refractivity contribution in [3.05, 3.63) is 0 Å². The molecule has 0 aromatic rings. The third-order valence-electron chi connectivity index (χ3n) is 7.39. The lowest BCUT2D eigenvalue weighted by Crippen LogP contribution is -2.24. The monoisotopic (exact) mass is 538 g/mol. The molecule has 4 heteroatoms. The Morgan fingerprint density at radius 2 is 0.763 bits per heavy atom. The van der Waals surface area contributed by atoms with Crippen molar-refractivity contribution in [2.45, 2.75) is 195 Å². The zero-order valence-corrected chi connectivity index (χ0v) is 26.3. The van der Waals surface area contributed by atoms with Crippen LogP contribution in [0.4, 0.5) is 0 Å². The van der Waals surface area contributed by atoms with Gasteiger partial charge in [-0.2, -0.15) is 0 Å². The largest absolute Gasteiger partial charge is 0.425 e. The van der Waals surface area contributed by atoms with Crippen LogP contribution in [-0.2, 0) is 19.1 Å². The summed E-state index contributed by atoms with van der Waals surface area (Å²) in [5.41, 5.74) is 0. The van der Waals surface area contributed by atoms with Crippen molar-refractivity contribution < 1.29 is 19.1 Å². The van der Waals surface area contributed by atoms with Crippen LogP contribution in [0.25, 0.3) is 0 Å². The quantitative estimate of drug-likeness (QED) is 0.0564. The van der Waals surface area contributed by atoms with Crippen LogP contribution in [0.2, 0.25) is 0 Å². The first-order chi connectivity index (χ1) is 18.3. The van der Waals surface area contributed by atoms with Crippen LogP contribution in [0.5, 0.6) is 0 Å². The number of carbonyl (C=O) groups is 2. The molecule has 0 bridgehead atoms.